The van der Waals surface area contributed by atoms with E-state index in [1.165, 1.54) is 18.4 Å². The average Bonchev–Trinajstić information content (AvgIpc) is 3.14. The van der Waals surface area contributed by atoms with Gasteiger partial charge < -0.3 is 20.0 Å². The van der Waals surface area contributed by atoms with Crippen molar-refractivity contribution in [2.24, 2.45) is 4.99 Å². The third-order valence-corrected chi connectivity index (χ3v) is 3.43. The van der Waals surface area contributed by atoms with Gasteiger partial charge in [0.05, 0.1) is 12.8 Å². The summed E-state index contributed by atoms with van der Waals surface area (Å²) < 4.78 is 18.0. The fourth-order valence-electron chi connectivity index (χ4n) is 2.23. The van der Waals surface area contributed by atoms with Gasteiger partial charge in [0.1, 0.15) is 5.82 Å². The third-order valence-electron chi connectivity index (χ3n) is 3.43. The topological polar surface area (TPSA) is 69.9 Å². The summed E-state index contributed by atoms with van der Waals surface area (Å²) in [4.78, 5) is 18.2. The van der Waals surface area contributed by atoms with Crippen LogP contribution in [0.5, 0.6) is 0 Å². The number of carbonyl (C=O) groups is 1. The second kappa shape index (κ2) is 9.46. The van der Waals surface area contributed by atoms with Crippen LogP contribution in [-0.4, -0.2) is 43.4 Å². The molecule has 0 aliphatic carbocycles. The van der Waals surface area contributed by atoms with Gasteiger partial charge in [-0.2, -0.15) is 0 Å². The Bertz CT molecular complexity index is 684. The zero-order valence-corrected chi connectivity index (χ0v) is 14.5. The monoisotopic (exact) mass is 346 g/mol. The minimum atomic E-state index is -0.259. The summed E-state index contributed by atoms with van der Waals surface area (Å²) in [6.45, 7) is 4.15. The zero-order valence-electron chi connectivity index (χ0n) is 14.5. The van der Waals surface area contributed by atoms with Gasteiger partial charge in [-0.1, -0.05) is 12.1 Å². The maximum Gasteiger partial charge on any atom is 0.287 e. The molecule has 0 bridgehead atoms. The molecule has 1 aromatic heterocycles. The fourth-order valence-corrected chi connectivity index (χ4v) is 2.23. The number of guanidine groups is 1. The number of halogens is 1. The molecule has 1 heterocycles. The molecule has 25 heavy (non-hydrogen) atoms. The smallest absolute Gasteiger partial charge is 0.287 e. The molecule has 7 heteroatoms. The fraction of sp³-hybridized carbons (Fsp3) is 0.333. The second-order valence-corrected chi connectivity index (χ2v) is 5.45. The lowest BCUT2D eigenvalue weighted by molar-refractivity contribution is 0.0927. The minimum Gasteiger partial charge on any atom is -0.459 e. The highest BCUT2D eigenvalue weighted by atomic mass is 19.1. The Morgan fingerprint density at radius 1 is 1.24 bits per heavy atom. The molecule has 0 spiro atoms. The Morgan fingerprint density at radius 2 is 2.00 bits per heavy atom. The normalized spacial score (nSPS) is 11.2. The van der Waals surface area contributed by atoms with E-state index in [1.807, 2.05) is 18.9 Å². The van der Waals surface area contributed by atoms with Crippen LogP contribution in [0.3, 0.4) is 0 Å². The number of hydrogen-bond acceptors (Lipinski definition) is 3. The van der Waals surface area contributed by atoms with E-state index in [0.29, 0.717) is 19.6 Å². The molecule has 0 aliphatic heterocycles. The summed E-state index contributed by atoms with van der Waals surface area (Å²) in [6, 6.07) is 9.66. The Labute approximate surface area is 146 Å². The van der Waals surface area contributed by atoms with Crippen molar-refractivity contribution in [1.82, 2.24) is 15.5 Å². The van der Waals surface area contributed by atoms with Crippen molar-refractivity contribution in [3.8, 4) is 0 Å². The van der Waals surface area contributed by atoms with Crippen LogP contribution in [0.25, 0.3) is 0 Å². The lowest BCUT2D eigenvalue weighted by Gasteiger charge is -2.22. The quantitative estimate of drug-likeness (QED) is 0.458. The van der Waals surface area contributed by atoms with E-state index < -0.39 is 0 Å². The predicted molar refractivity (Wildman–Crippen MR) is 94.9 cm³/mol. The van der Waals surface area contributed by atoms with Crippen LogP contribution in [0.2, 0.25) is 0 Å². The number of aliphatic imine (C=N–C) groups is 1. The van der Waals surface area contributed by atoms with Crippen molar-refractivity contribution in [2.75, 3.05) is 26.7 Å². The van der Waals surface area contributed by atoms with Crippen molar-refractivity contribution < 1.29 is 13.6 Å². The van der Waals surface area contributed by atoms with Crippen LogP contribution >= 0.6 is 0 Å². The van der Waals surface area contributed by atoms with E-state index in [4.69, 9.17) is 4.42 Å². The van der Waals surface area contributed by atoms with Crippen molar-refractivity contribution in [2.45, 2.75) is 13.5 Å². The van der Waals surface area contributed by atoms with Crippen LogP contribution in [-0.2, 0) is 6.54 Å². The highest BCUT2D eigenvalue weighted by Gasteiger charge is 2.08. The van der Waals surface area contributed by atoms with Gasteiger partial charge in [0, 0.05) is 26.7 Å². The molecule has 2 N–H and O–H groups in total. The minimum absolute atomic E-state index is 0.251. The van der Waals surface area contributed by atoms with Crippen LogP contribution in [0.1, 0.15) is 23.0 Å². The first-order chi connectivity index (χ1) is 12.1. The summed E-state index contributed by atoms with van der Waals surface area (Å²) in [5.74, 6) is 0.493. The molecule has 0 saturated heterocycles. The highest BCUT2D eigenvalue weighted by molar-refractivity contribution is 5.91. The first-order valence-electron chi connectivity index (χ1n) is 8.15. The molecule has 0 aliphatic rings. The number of nitrogens with one attached hydrogen (secondary N) is 2. The molecular weight excluding hydrogens is 323 g/mol. The van der Waals surface area contributed by atoms with E-state index in [0.717, 1.165) is 18.1 Å². The largest absolute Gasteiger partial charge is 0.459 e. The summed E-state index contributed by atoms with van der Waals surface area (Å²) in [6.07, 6.45) is 1.46. The number of benzene rings is 1. The van der Waals surface area contributed by atoms with Crippen molar-refractivity contribution >= 4 is 11.9 Å². The van der Waals surface area contributed by atoms with Crippen molar-refractivity contribution in [1.29, 1.82) is 0 Å². The maximum absolute atomic E-state index is 13.0. The van der Waals surface area contributed by atoms with E-state index in [2.05, 4.69) is 15.6 Å². The molecule has 2 rings (SSSR count). The lowest BCUT2D eigenvalue weighted by atomic mass is 10.2. The molecule has 6 nitrogen and oxygen atoms in total. The number of hydrogen-bond donors (Lipinski definition) is 2. The van der Waals surface area contributed by atoms with Gasteiger partial charge in [0.25, 0.3) is 5.91 Å². The van der Waals surface area contributed by atoms with Crippen LogP contribution in [0, 0.1) is 5.82 Å². The van der Waals surface area contributed by atoms with Crippen molar-refractivity contribution in [3.05, 3.63) is 59.8 Å². The molecule has 2 aromatic rings. The van der Waals surface area contributed by atoms with E-state index in [9.17, 15) is 9.18 Å². The summed E-state index contributed by atoms with van der Waals surface area (Å²) in [5, 5.41) is 5.95. The second-order valence-electron chi connectivity index (χ2n) is 5.45. The highest BCUT2D eigenvalue weighted by Crippen LogP contribution is 2.05. The number of rotatable bonds is 7. The maximum atomic E-state index is 13.0. The molecular formula is C18H23FN4O2. The first kappa shape index (κ1) is 18.5. The molecule has 0 saturated carbocycles. The first-order valence-corrected chi connectivity index (χ1v) is 8.15. The van der Waals surface area contributed by atoms with Gasteiger partial charge in [-0.3, -0.25) is 9.79 Å². The number of carbonyl (C=O) groups excluding carboxylic acids is 1. The van der Waals surface area contributed by atoms with Crippen LogP contribution < -0.4 is 10.6 Å². The Morgan fingerprint density at radius 3 is 2.64 bits per heavy atom. The average molecular weight is 346 g/mol. The van der Waals surface area contributed by atoms with Gasteiger partial charge in [0.15, 0.2) is 11.7 Å². The number of nitrogens with zero attached hydrogens (tertiary/aromatic N) is 2. The summed E-state index contributed by atoms with van der Waals surface area (Å²) in [7, 11) is 1.91. The van der Waals surface area contributed by atoms with Gasteiger partial charge in [0.2, 0.25) is 0 Å². The van der Waals surface area contributed by atoms with Gasteiger partial charge >= 0.3 is 0 Å². The molecule has 0 radical (unpaired) electrons. The van der Waals surface area contributed by atoms with Crippen molar-refractivity contribution in [3.63, 3.8) is 0 Å². The standard InChI is InChI=1S/C18H23FN4O2/c1-3-20-18(23(2)13-14-6-8-15(19)9-7-14)22-11-10-21-17(24)16-5-4-12-25-16/h4-9,12H,3,10-11,13H2,1-2H3,(H,20,22)(H,21,24). The van der Waals surface area contributed by atoms with E-state index >= 15 is 0 Å². The molecule has 1 aromatic carbocycles. The van der Waals surface area contributed by atoms with E-state index in [1.54, 1.807) is 24.3 Å². The Kier molecular flexibility index (Phi) is 7.00. The van der Waals surface area contributed by atoms with Gasteiger partial charge in [-0.15, -0.1) is 0 Å². The molecule has 134 valence electrons. The Balaban J connectivity index is 1.86. The molecule has 0 atom stereocenters. The summed E-state index contributed by atoms with van der Waals surface area (Å²) >= 11 is 0. The van der Waals surface area contributed by atoms with Gasteiger partial charge in [-0.05, 0) is 36.8 Å². The molecule has 0 fully saturated rings. The van der Waals surface area contributed by atoms with E-state index in [-0.39, 0.29) is 17.5 Å². The summed E-state index contributed by atoms with van der Waals surface area (Å²) in [5.41, 5.74) is 0.987. The predicted octanol–water partition coefficient (Wildman–Crippen LogP) is 2.25. The Hall–Kier alpha value is -2.83. The number of furan rings is 1. The zero-order chi connectivity index (χ0) is 18.1. The number of amides is 1. The van der Waals surface area contributed by atoms with Crippen LogP contribution in [0.15, 0.2) is 52.1 Å². The SMILES string of the molecule is CCNC(=NCCNC(=O)c1ccco1)N(C)Cc1ccc(F)cc1. The molecule has 1 amide bonds. The third kappa shape index (κ3) is 5.95. The van der Waals surface area contributed by atoms with Crippen LogP contribution in [0.4, 0.5) is 4.39 Å². The lowest BCUT2D eigenvalue weighted by Crippen LogP contribution is -2.39. The molecule has 0 unspecified atom stereocenters. The van der Waals surface area contributed by atoms with Gasteiger partial charge in [-0.25, -0.2) is 4.39 Å².